The fourth-order valence-electron chi connectivity index (χ4n) is 4.45. The summed E-state index contributed by atoms with van der Waals surface area (Å²) in [6, 6.07) is 26.6. The molecule has 140 valence electrons. The van der Waals surface area contributed by atoms with E-state index in [9.17, 15) is 0 Å². The van der Waals surface area contributed by atoms with E-state index in [1.54, 1.807) is 0 Å². The van der Waals surface area contributed by atoms with Crippen LogP contribution in [0.3, 0.4) is 0 Å². The summed E-state index contributed by atoms with van der Waals surface area (Å²) in [5, 5.41) is 3.85. The molecule has 0 amide bonds. The topological polar surface area (TPSA) is 12.0 Å². The Kier molecular flexibility index (Phi) is 5.04. The molecule has 3 atom stereocenters. The quantitative estimate of drug-likeness (QED) is 0.326. The molecule has 1 aliphatic heterocycles. The van der Waals surface area contributed by atoms with Crippen LogP contribution in [0.25, 0.3) is 0 Å². The number of hydrogen-bond donors (Lipinski definition) is 1. The number of hydrogen-bond acceptors (Lipinski definition) is 2. The molecule has 3 heteroatoms. The van der Waals surface area contributed by atoms with E-state index in [-0.39, 0.29) is 0 Å². The van der Waals surface area contributed by atoms with Crippen LogP contribution in [0.15, 0.2) is 94.3 Å². The molecule has 3 aromatic carbocycles. The lowest BCUT2D eigenvalue weighted by molar-refractivity contribution is 0.424. The predicted octanol–water partition coefficient (Wildman–Crippen LogP) is 7.57. The molecule has 0 aromatic heterocycles. The molecule has 1 N–H and O–H groups in total. The summed E-state index contributed by atoms with van der Waals surface area (Å²) < 4.78 is 1.19. The zero-order valence-electron chi connectivity index (χ0n) is 15.5. The molecular weight excluding hydrogens is 426 g/mol. The first-order valence-corrected chi connectivity index (χ1v) is 11.6. The fourth-order valence-corrected chi connectivity index (χ4v) is 5.85. The highest BCUT2D eigenvalue weighted by Gasteiger charge is 2.38. The molecule has 0 unspecified atom stereocenters. The lowest BCUT2D eigenvalue weighted by Crippen LogP contribution is -2.29. The lowest BCUT2D eigenvalue weighted by atomic mass is 9.76. The van der Waals surface area contributed by atoms with Crippen LogP contribution in [-0.4, -0.2) is 0 Å². The Morgan fingerprint density at radius 2 is 1.75 bits per heavy atom. The standard InChI is InChI=1S/C25H22BrNS/c26-23-12-5-4-9-21(23)25-20-11-6-10-19(20)22-15-17(13-14-24(22)27-25)16-28-18-7-2-1-3-8-18/h1-10,12-15,19-20,25,27H,11,16H2/t19-,20-,25+/m0/s1. The van der Waals surface area contributed by atoms with Gasteiger partial charge < -0.3 is 5.32 Å². The first-order chi connectivity index (χ1) is 13.8. The number of fused-ring (bicyclic) bond motifs is 3. The van der Waals surface area contributed by atoms with Gasteiger partial charge in [-0.1, -0.05) is 76.6 Å². The van der Waals surface area contributed by atoms with Gasteiger partial charge in [0.15, 0.2) is 0 Å². The minimum Gasteiger partial charge on any atom is -0.378 e. The molecule has 0 saturated heterocycles. The number of benzene rings is 3. The van der Waals surface area contributed by atoms with Crippen LogP contribution in [0, 0.1) is 5.92 Å². The number of nitrogens with one attached hydrogen (secondary N) is 1. The third kappa shape index (κ3) is 3.42. The molecule has 0 saturated carbocycles. The first-order valence-electron chi connectivity index (χ1n) is 9.78. The Morgan fingerprint density at radius 1 is 0.929 bits per heavy atom. The van der Waals surface area contributed by atoms with Gasteiger partial charge in [-0.25, -0.2) is 0 Å². The molecule has 2 aliphatic rings. The third-order valence-corrected chi connectivity index (χ3v) is 7.62. The van der Waals surface area contributed by atoms with Gasteiger partial charge in [-0.3, -0.25) is 0 Å². The first kappa shape index (κ1) is 18.1. The Labute approximate surface area is 179 Å². The van der Waals surface area contributed by atoms with Crippen molar-refractivity contribution in [1.29, 1.82) is 0 Å². The van der Waals surface area contributed by atoms with E-state index >= 15 is 0 Å². The van der Waals surface area contributed by atoms with Gasteiger partial charge in [0, 0.05) is 26.7 Å². The smallest absolute Gasteiger partial charge is 0.0565 e. The van der Waals surface area contributed by atoms with Gasteiger partial charge in [0.2, 0.25) is 0 Å². The van der Waals surface area contributed by atoms with Crippen LogP contribution in [-0.2, 0) is 5.75 Å². The van der Waals surface area contributed by atoms with E-state index in [1.165, 1.54) is 31.7 Å². The van der Waals surface area contributed by atoms with E-state index in [2.05, 4.69) is 106 Å². The van der Waals surface area contributed by atoms with Crippen molar-refractivity contribution in [2.75, 3.05) is 5.32 Å². The molecule has 3 aromatic rings. The largest absolute Gasteiger partial charge is 0.378 e. The Hall–Kier alpha value is -1.97. The van der Waals surface area contributed by atoms with Crippen LogP contribution in [0.2, 0.25) is 0 Å². The van der Waals surface area contributed by atoms with Crippen LogP contribution in [0.1, 0.15) is 35.1 Å². The van der Waals surface area contributed by atoms with Crippen LogP contribution in [0.4, 0.5) is 5.69 Å². The van der Waals surface area contributed by atoms with Crippen molar-refractivity contribution in [3.8, 4) is 0 Å². The van der Waals surface area contributed by atoms with Crippen molar-refractivity contribution in [3.63, 3.8) is 0 Å². The lowest BCUT2D eigenvalue weighted by Gasteiger charge is -2.38. The summed E-state index contributed by atoms with van der Waals surface area (Å²) in [6.07, 6.45) is 5.91. The normalized spacial score (nSPS) is 22.4. The highest BCUT2D eigenvalue weighted by molar-refractivity contribution is 9.10. The van der Waals surface area contributed by atoms with E-state index in [4.69, 9.17) is 0 Å². The third-order valence-electron chi connectivity index (χ3n) is 5.82. The second kappa shape index (κ2) is 7.81. The summed E-state index contributed by atoms with van der Waals surface area (Å²) in [6.45, 7) is 0. The molecule has 0 fully saturated rings. The second-order valence-electron chi connectivity index (χ2n) is 7.52. The summed E-state index contributed by atoms with van der Waals surface area (Å²) in [5.41, 5.74) is 5.48. The van der Waals surface area contributed by atoms with Gasteiger partial charge >= 0.3 is 0 Å². The molecule has 0 bridgehead atoms. The van der Waals surface area contributed by atoms with Crippen molar-refractivity contribution in [1.82, 2.24) is 0 Å². The molecule has 1 nitrogen and oxygen atoms in total. The van der Waals surface area contributed by atoms with Gasteiger partial charge in [0.05, 0.1) is 6.04 Å². The predicted molar refractivity (Wildman–Crippen MR) is 123 cm³/mol. The summed E-state index contributed by atoms with van der Waals surface area (Å²) in [4.78, 5) is 1.32. The van der Waals surface area contributed by atoms with Crippen molar-refractivity contribution >= 4 is 33.4 Å². The van der Waals surface area contributed by atoms with Gasteiger partial charge in [0.1, 0.15) is 0 Å². The number of halogens is 1. The average Bonchev–Trinajstić information content (AvgIpc) is 3.23. The number of anilines is 1. The molecule has 1 heterocycles. The van der Waals surface area contributed by atoms with Crippen molar-refractivity contribution < 1.29 is 0 Å². The molecule has 1 aliphatic carbocycles. The molecule has 0 radical (unpaired) electrons. The van der Waals surface area contributed by atoms with Crippen LogP contribution in [0.5, 0.6) is 0 Å². The zero-order chi connectivity index (χ0) is 18.9. The number of thioether (sulfide) groups is 1. The highest BCUT2D eigenvalue weighted by Crippen LogP contribution is 2.51. The minimum atomic E-state index is 0.340. The van der Waals surface area contributed by atoms with Crippen molar-refractivity contribution in [3.05, 3.63) is 106 Å². The highest BCUT2D eigenvalue weighted by atomic mass is 79.9. The molecular formula is C25H22BrNS. The van der Waals surface area contributed by atoms with Crippen LogP contribution >= 0.6 is 27.7 Å². The van der Waals surface area contributed by atoms with Crippen molar-refractivity contribution in [2.45, 2.75) is 29.0 Å². The van der Waals surface area contributed by atoms with E-state index in [1.807, 2.05) is 11.8 Å². The van der Waals surface area contributed by atoms with Crippen LogP contribution < -0.4 is 5.32 Å². The molecule has 5 rings (SSSR count). The molecule has 28 heavy (non-hydrogen) atoms. The second-order valence-corrected chi connectivity index (χ2v) is 9.42. The number of rotatable bonds is 4. The van der Waals surface area contributed by atoms with E-state index in [0.29, 0.717) is 17.9 Å². The summed E-state index contributed by atoms with van der Waals surface area (Å²) >= 11 is 5.66. The number of allylic oxidation sites excluding steroid dienone is 2. The van der Waals surface area contributed by atoms with Gasteiger partial charge in [-0.05, 0) is 53.3 Å². The summed E-state index contributed by atoms with van der Waals surface area (Å²) in [7, 11) is 0. The van der Waals surface area contributed by atoms with Crippen molar-refractivity contribution in [2.24, 2.45) is 5.92 Å². The molecule has 0 spiro atoms. The minimum absolute atomic E-state index is 0.340. The van der Waals surface area contributed by atoms with Gasteiger partial charge in [0.25, 0.3) is 0 Å². The fraction of sp³-hybridized carbons (Fsp3) is 0.200. The average molecular weight is 448 g/mol. The SMILES string of the molecule is Brc1ccccc1[C@@H]1Nc2ccc(CSc3ccccc3)cc2[C@H]2C=CC[C@@H]21. The maximum absolute atomic E-state index is 3.85. The van der Waals surface area contributed by atoms with Gasteiger partial charge in [-0.2, -0.15) is 0 Å². The van der Waals surface area contributed by atoms with Gasteiger partial charge in [-0.15, -0.1) is 11.8 Å². The Balaban J connectivity index is 1.43. The maximum Gasteiger partial charge on any atom is 0.0565 e. The zero-order valence-corrected chi connectivity index (χ0v) is 17.9. The monoisotopic (exact) mass is 447 g/mol. The van der Waals surface area contributed by atoms with E-state index in [0.717, 1.165) is 12.2 Å². The Morgan fingerprint density at radius 3 is 2.61 bits per heavy atom. The summed E-state index contributed by atoms with van der Waals surface area (Å²) in [5.74, 6) is 2.07. The van der Waals surface area contributed by atoms with E-state index < -0.39 is 0 Å². The Bertz CT molecular complexity index is 1010. The maximum atomic E-state index is 3.85.